The van der Waals surface area contributed by atoms with E-state index in [-0.39, 0.29) is 11.9 Å². The highest BCUT2D eigenvalue weighted by atomic mass is 16.3. The van der Waals surface area contributed by atoms with Gasteiger partial charge in [0.05, 0.1) is 12.6 Å². The van der Waals surface area contributed by atoms with Crippen molar-refractivity contribution in [2.75, 3.05) is 37.6 Å². The van der Waals surface area contributed by atoms with Gasteiger partial charge in [-0.05, 0) is 73.4 Å². The second kappa shape index (κ2) is 9.53. The maximum atomic E-state index is 12.9. The van der Waals surface area contributed by atoms with Crippen LogP contribution in [-0.2, 0) is 11.2 Å². The van der Waals surface area contributed by atoms with Crippen LogP contribution in [0.3, 0.4) is 0 Å². The first-order chi connectivity index (χ1) is 15.4. The lowest BCUT2D eigenvalue weighted by molar-refractivity contribution is -0.123. The number of phenolic OH excluding ortho intramolecular Hbond substituents is 1. The summed E-state index contributed by atoms with van der Waals surface area (Å²) in [5, 5.41) is 14.3. The van der Waals surface area contributed by atoms with E-state index in [1.807, 2.05) is 0 Å². The molecule has 0 aromatic heterocycles. The fraction of sp³-hybridized carbons (Fsp3) is 0.519. The normalized spacial score (nSPS) is 19.6. The van der Waals surface area contributed by atoms with Gasteiger partial charge in [0.25, 0.3) is 0 Å². The van der Waals surface area contributed by atoms with Crippen LogP contribution in [0, 0.1) is 13.8 Å². The summed E-state index contributed by atoms with van der Waals surface area (Å²) in [5.74, 6) is 0.757. The summed E-state index contributed by atoms with van der Waals surface area (Å²) in [6, 6.07) is 10.7. The predicted molar refractivity (Wildman–Crippen MR) is 131 cm³/mol. The Kier molecular flexibility index (Phi) is 6.75. The zero-order chi connectivity index (χ0) is 22.8. The number of aryl methyl sites for hydroxylation is 2. The molecule has 0 radical (unpaired) electrons. The van der Waals surface area contributed by atoms with Gasteiger partial charge in [0.2, 0.25) is 5.91 Å². The number of piperazine rings is 1. The first-order valence-electron chi connectivity index (χ1n) is 12.1. The molecule has 1 aliphatic heterocycles. The molecule has 4 rings (SSSR count). The molecule has 2 aliphatic rings. The van der Waals surface area contributed by atoms with Gasteiger partial charge in [-0.2, -0.15) is 0 Å². The van der Waals surface area contributed by atoms with Gasteiger partial charge in [-0.25, -0.2) is 0 Å². The van der Waals surface area contributed by atoms with E-state index < -0.39 is 0 Å². The number of carbonyl (C=O) groups is 1. The average Bonchev–Trinajstić information content (AvgIpc) is 3.20. The lowest BCUT2D eigenvalue weighted by atomic mass is 9.90. The summed E-state index contributed by atoms with van der Waals surface area (Å²) in [6.07, 6.45) is 2.76. The number of hydrogen-bond acceptors (Lipinski definition) is 4. The third-order valence-electron chi connectivity index (χ3n) is 7.32. The molecule has 2 aromatic rings. The van der Waals surface area contributed by atoms with Crippen LogP contribution < -0.4 is 10.2 Å². The minimum atomic E-state index is -0.0891. The molecule has 5 nitrogen and oxygen atoms in total. The molecule has 0 spiro atoms. The van der Waals surface area contributed by atoms with Crippen molar-refractivity contribution < 1.29 is 9.90 Å². The van der Waals surface area contributed by atoms with Crippen LogP contribution in [0.4, 0.5) is 5.69 Å². The smallest absolute Gasteiger partial charge is 0.234 e. The molecule has 0 saturated carbocycles. The maximum absolute atomic E-state index is 12.9. The number of benzene rings is 2. The molecule has 2 unspecified atom stereocenters. The minimum Gasteiger partial charge on any atom is -0.507 e. The summed E-state index contributed by atoms with van der Waals surface area (Å²) in [5.41, 5.74) is 6.95. The van der Waals surface area contributed by atoms with Crippen LogP contribution in [0.25, 0.3) is 0 Å². The number of rotatable bonds is 6. The fourth-order valence-electron chi connectivity index (χ4n) is 5.21. The lowest BCUT2D eigenvalue weighted by Crippen LogP contribution is -2.49. The van der Waals surface area contributed by atoms with Gasteiger partial charge in [0, 0.05) is 37.4 Å². The van der Waals surface area contributed by atoms with E-state index in [4.69, 9.17) is 0 Å². The van der Waals surface area contributed by atoms with Gasteiger partial charge in [0.1, 0.15) is 5.75 Å². The summed E-state index contributed by atoms with van der Waals surface area (Å²) < 4.78 is 0. The topological polar surface area (TPSA) is 55.8 Å². The van der Waals surface area contributed by atoms with E-state index in [1.165, 1.54) is 22.4 Å². The maximum Gasteiger partial charge on any atom is 0.234 e. The van der Waals surface area contributed by atoms with Gasteiger partial charge in [-0.1, -0.05) is 32.0 Å². The summed E-state index contributed by atoms with van der Waals surface area (Å²) in [4.78, 5) is 17.5. The van der Waals surface area contributed by atoms with E-state index in [2.05, 4.69) is 73.1 Å². The van der Waals surface area contributed by atoms with E-state index >= 15 is 0 Å². The molecule has 32 heavy (non-hydrogen) atoms. The number of hydrogen-bond donors (Lipinski definition) is 2. The van der Waals surface area contributed by atoms with Gasteiger partial charge < -0.3 is 15.3 Å². The number of carbonyl (C=O) groups excluding carboxylic acids is 1. The Labute approximate surface area is 192 Å². The van der Waals surface area contributed by atoms with Crippen LogP contribution in [0.5, 0.6) is 5.75 Å². The number of nitrogens with zero attached hydrogens (tertiary/aromatic N) is 2. The van der Waals surface area contributed by atoms with Crippen LogP contribution in [0.15, 0.2) is 30.3 Å². The largest absolute Gasteiger partial charge is 0.507 e. The molecule has 1 saturated heterocycles. The average molecular weight is 436 g/mol. The third kappa shape index (κ3) is 4.63. The zero-order valence-electron chi connectivity index (χ0n) is 19.9. The number of fused-ring (bicyclic) bond motifs is 1. The second-order valence-corrected chi connectivity index (χ2v) is 9.59. The van der Waals surface area contributed by atoms with Crippen molar-refractivity contribution in [2.45, 2.75) is 58.9 Å². The van der Waals surface area contributed by atoms with Gasteiger partial charge in [0.15, 0.2) is 0 Å². The molecule has 172 valence electrons. The molecule has 2 atom stereocenters. The quantitative estimate of drug-likeness (QED) is 0.704. The summed E-state index contributed by atoms with van der Waals surface area (Å²) in [7, 11) is 0. The van der Waals surface area contributed by atoms with Crippen LogP contribution in [0.1, 0.15) is 66.5 Å². The highest BCUT2D eigenvalue weighted by Crippen LogP contribution is 2.44. The molecule has 1 fully saturated rings. The Morgan fingerprint density at radius 3 is 2.62 bits per heavy atom. The highest BCUT2D eigenvalue weighted by Gasteiger charge is 2.31. The van der Waals surface area contributed by atoms with Gasteiger partial charge in [-0.15, -0.1) is 0 Å². The van der Waals surface area contributed by atoms with Crippen LogP contribution >= 0.6 is 0 Å². The van der Waals surface area contributed by atoms with Crippen molar-refractivity contribution in [3.8, 4) is 5.75 Å². The molecule has 1 amide bonds. The molecule has 1 heterocycles. The fourth-order valence-corrected chi connectivity index (χ4v) is 5.21. The number of phenols is 1. The van der Waals surface area contributed by atoms with Crippen LogP contribution in [-0.4, -0.2) is 48.6 Å². The van der Waals surface area contributed by atoms with Crippen molar-refractivity contribution in [3.63, 3.8) is 0 Å². The molecule has 2 aromatic carbocycles. The molecule has 2 N–H and O–H groups in total. The highest BCUT2D eigenvalue weighted by molar-refractivity contribution is 5.79. The van der Waals surface area contributed by atoms with Crippen molar-refractivity contribution in [1.29, 1.82) is 0 Å². The van der Waals surface area contributed by atoms with Gasteiger partial charge in [-0.3, -0.25) is 9.69 Å². The van der Waals surface area contributed by atoms with Crippen LogP contribution in [0.2, 0.25) is 0 Å². The predicted octanol–water partition coefficient (Wildman–Crippen LogP) is 4.45. The summed E-state index contributed by atoms with van der Waals surface area (Å²) >= 11 is 0. The third-order valence-corrected chi connectivity index (χ3v) is 7.32. The molecule has 0 bridgehead atoms. The SMILES string of the molecule is CCC(C)c1cc(C)c2c(c1O)C(NC(=O)CN1CCN(c3cccc(C)c3)CC1)CC2. The molecular formula is C27H37N3O2. The Morgan fingerprint density at radius 2 is 1.94 bits per heavy atom. The first-order valence-corrected chi connectivity index (χ1v) is 12.1. The zero-order valence-corrected chi connectivity index (χ0v) is 19.9. The Morgan fingerprint density at radius 1 is 1.19 bits per heavy atom. The van der Waals surface area contributed by atoms with Crippen molar-refractivity contribution >= 4 is 11.6 Å². The number of nitrogens with one attached hydrogen (secondary N) is 1. The Hall–Kier alpha value is -2.53. The molecule has 5 heteroatoms. The summed E-state index contributed by atoms with van der Waals surface area (Å²) in [6.45, 7) is 12.6. The second-order valence-electron chi connectivity index (χ2n) is 9.59. The Bertz CT molecular complexity index is 979. The number of amides is 1. The van der Waals surface area contributed by atoms with E-state index in [0.717, 1.165) is 56.6 Å². The number of anilines is 1. The van der Waals surface area contributed by atoms with E-state index in [0.29, 0.717) is 18.2 Å². The minimum absolute atomic E-state index is 0.0536. The molecule has 1 aliphatic carbocycles. The van der Waals surface area contributed by atoms with Crippen molar-refractivity contribution in [3.05, 3.63) is 58.1 Å². The van der Waals surface area contributed by atoms with E-state index in [9.17, 15) is 9.90 Å². The Balaban J connectivity index is 1.37. The monoisotopic (exact) mass is 435 g/mol. The van der Waals surface area contributed by atoms with E-state index in [1.54, 1.807) is 0 Å². The number of aromatic hydroxyl groups is 1. The lowest BCUT2D eigenvalue weighted by Gasteiger charge is -2.36. The first kappa shape index (κ1) is 22.7. The van der Waals surface area contributed by atoms with Gasteiger partial charge >= 0.3 is 0 Å². The standard InChI is InChI=1S/C27H37N3O2/c1-5-19(3)23-16-20(4)22-9-10-24(26(22)27(23)32)28-25(31)17-29-11-13-30(14-12-29)21-8-6-7-18(2)15-21/h6-8,15-16,19,24,32H,5,9-14,17H2,1-4H3,(H,28,31). The van der Waals surface area contributed by atoms with Crippen molar-refractivity contribution in [2.24, 2.45) is 0 Å². The molecular weight excluding hydrogens is 398 g/mol. The van der Waals surface area contributed by atoms with Crippen molar-refractivity contribution in [1.82, 2.24) is 10.2 Å².